The fraction of sp³-hybridized carbons (Fsp3) is 0.0526. The minimum atomic E-state index is -0.527. The van der Waals surface area contributed by atoms with Gasteiger partial charge in [0.1, 0.15) is 5.75 Å². The van der Waals surface area contributed by atoms with E-state index in [0.29, 0.717) is 16.1 Å². The Morgan fingerprint density at radius 2 is 1.61 bits per heavy atom. The molecule has 0 amide bonds. The fourth-order valence-corrected chi connectivity index (χ4v) is 2.49. The molecule has 0 aliphatic heterocycles. The summed E-state index contributed by atoms with van der Waals surface area (Å²) in [4.78, 5) is 24.2. The van der Waals surface area contributed by atoms with Gasteiger partial charge in [-0.15, -0.1) is 0 Å². The van der Waals surface area contributed by atoms with E-state index in [1.54, 1.807) is 30.3 Å². The molecule has 0 N–H and O–H groups in total. The summed E-state index contributed by atoms with van der Waals surface area (Å²) in [5, 5.41) is 2.16. The van der Waals surface area contributed by atoms with Crippen LogP contribution in [0.2, 0.25) is 5.02 Å². The van der Waals surface area contributed by atoms with Gasteiger partial charge in [0, 0.05) is 10.4 Å². The molecule has 0 aliphatic carbocycles. The topological polar surface area (TPSA) is 43.4 Å². The molecule has 0 fully saturated rings. The number of rotatable bonds is 3. The van der Waals surface area contributed by atoms with E-state index in [1.165, 1.54) is 6.92 Å². The highest BCUT2D eigenvalue weighted by atomic mass is 35.5. The maximum atomic E-state index is 12.4. The number of hydrogen-bond acceptors (Lipinski definition) is 3. The number of ether oxygens (including phenoxy) is 1. The van der Waals surface area contributed by atoms with Crippen LogP contribution in [0.5, 0.6) is 5.75 Å². The number of Topliss-reactive ketones (excluding diaryl/α,β-unsaturated/α-hetero) is 1. The molecule has 3 aromatic carbocycles. The number of carbonyl (C=O) groups excluding carboxylic acids is 2. The van der Waals surface area contributed by atoms with Crippen molar-refractivity contribution in [1.82, 2.24) is 0 Å². The molecule has 0 heterocycles. The molecule has 3 aromatic rings. The Morgan fingerprint density at radius 3 is 2.30 bits per heavy atom. The van der Waals surface area contributed by atoms with Crippen LogP contribution in [0.25, 0.3) is 10.8 Å². The molecule has 3 rings (SSSR count). The van der Waals surface area contributed by atoms with Crippen LogP contribution in [-0.2, 0) is 0 Å². The summed E-state index contributed by atoms with van der Waals surface area (Å²) in [5.74, 6) is -0.397. The molecule has 0 aliphatic rings. The Kier molecular flexibility index (Phi) is 4.13. The van der Waals surface area contributed by atoms with E-state index in [0.717, 1.165) is 10.8 Å². The Balaban J connectivity index is 2.07. The van der Waals surface area contributed by atoms with Crippen molar-refractivity contribution in [3.05, 3.63) is 76.8 Å². The number of ketones is 1. The average Bonchev–Trinajstić information content (AvgIpc) is 2.55. The van der Waals surface area contributed by atoms with Gasteiger partial charge in [0.25, 0.3) is 0 Å². The maximum Gasteiger partial charge on any atom is 0.343 e. The van der Waals surface area contributed by atoms with Crippen LogP contribution in [0.15, 0.2) is 60.7 Å². The van der Waals surface area contributed by atoms with Crippen LogP contribution < -0.4 is 4.74 Å². The molecular formula is C19H13ClO3. The van der Waals surface area contributed by atoms with Gasteiger partial charge in [0.05, 0.1) is 11.1 Å². The molecule has 0 atom stereocenters. The second-order valence-corrected chi connectivity index (χ2v) is 5.55. The van der Waals surface area contributed by atoms with Gasteiger partial charge in [0.2, 0.25) is 0 Å². The van der Waals surface area contributed by atoms with Crippen molar-refractivity contribution in [3.63, 3.8) is 0 Å². The minimum Gasteiger partial charge on any atom is -0.421 e. The average molecular weight is 325 g/mol. The lowest BCUT2D eigenvalue weighted by molar-refractivity contribution is 0.0735. The van der Waals surface area contributed by atoms with E-state index in [1.807, 2.05) is 30.3 Å². The first-order valence-electron chi connectivity index (χ1n) is 7.06. The number of halogens is 1. The van der Waals surface area contributed by atoms with Crippen molar-refractivity contribution in [2.45, 2.75) is 6.92 Å². The predicted molar refractivity (Wildman–Crippen MR) is 90.4 cm³/mol. The normalized spacial score (nSPS) is 10.5. The largest absolute Gasteiger partial charge is 0.421 e. The first-order valence-corrected chi connectivity index (χ1v) is 7.44. The molecule has 0 unspecified atom stereocenters. The zero-order chi connectivity index (χ0) is 16.4. The number of hydrogen-bond donors (Lipinski definition) is 0. The molecule has 23 heavy (non-hydrogen) atoms. The fourth-order valence-electron chi connectivity index (χ4n) is 2.37. The van der Waals surface area contributed by atoms with Crippen LogP contribution in [-0.4, -0.2) is 11.8 Å². The number of benzene rings is 3. The van der Waals surface area contributed by atoms with Gasteiger partial charge in [-0.3, -0.25) is 4.79 Å². The maximum absolute atomic E-state index is 12.4. The highest BCUT2D eigenvalue weighted by molar-refractivity contribution is 6.30. The van der Waals surface area contributed by atoms with E-state index < -0.39 is 5.97 Å². The molecular weight excluding hydrogens is 312 g/mol. The molecule has 0 saturated carbocycles. The number of carbonyl (C=O) groups is 2. The highest BCUT2D eigenvalue weighted by Gasteiger charge is 2.17. The third-order valence-corrected chi connectivity index (χ3v) is 3.79. The molecule has 114 valence electrons. The second-order valence-electron chi connectivity index (χ2n) is 5.12. The van der Waals surface area contributed by atoms with E-state index in [-0.39, 0.29) is 11.5 Å². The lowest BCUT2D eigenvalue weighted by Crippen LogP contribution is -2.11. The Morgan fingerprint density at radius 1 is 0.913 bits per heavy atom. The number of esters is 1. The van der Waals surface area contributed by atoms with Gasteiger partial charge in [-0.1, -0.05) is 41.9 Å². The van der Waals surface area contributed by atoms with Gasteiger partial charge >= 0.3 is 5.97 Å². The van der Waals surface area contributed by atoms with Crippen molar-refractivity contribution < 1.29 is 14.3 Å². The minimum absolute atomic E-state index is 0.158. The van der Waals surface area contributed by atoms with Gasteiger partial charge in [-0.25, -0.2) is 4.79 Å². The van der Waals surface area contributed by atoms with Crippen LogP contribution in [0.1, 0.15) is 27.6 Å². The van der Waals surface area contributed by atoms with E-state index >= 15 is 0 Å². The monoisotopic (exact) mass is 324 g/mol. The first-order chi connectivity index (χ1) is 11.1. The second kappa shape index (κ2) is 6.23. The lowest BCUT2D eigenvalue weighted by Gasteiger charge is -2.11. The van der Waals surface area contributed by atoms with Gasteiger partial charge in [-0.2, -0.15) is 0 Å². The van der Waals surface area contributed by atoms with Crippen molar-refractivity contribution in [3.8, 4) is 5.75 Å². The standard InChI is InChI=1S/C19H13ClO3/c1-12(21)16-11-8-13-4-2-3-5-17(13)18(16)23-19(22)14-6-9-15(20)10-7-14/h2-11H,1H3. The zero-order valence-corrected chi connectivity index (χ0v) is 13.1. The summed E-state index contributed by atoms with van der Waals surface area (Å²) in [7, 11) is 0. The highest BCUT2D eigenvalue weighted by Crippen LogP contribution is 2.31. The first kappa shape index (κ1) is 15.3. The SMILES string of the molecule is CC(=O)c1ccc2ccccc2c1OC(=O)c1ccc(Cl)cc1. The molecule has 0 radical (unpaired) electrons. The summed E-state index contributed by atoms with van der Waals surface area (Å²) < 4.78 is 5.54. The van der Waals surface area contributed by atoms with Crippen molar-refractivity contribution in [2.75, 3.05) is 0 Å². The van der Waals surface area contributed by atoms with Crippen molar-refractivity contribution in [1.29, 1.82) is 0 Å². The van der Waals surface area contributed by atoms with Gasteiger partial charge < -0.3 is 4.74 Å². The Hall–Kier alpha value is -2.65. The molecule has 3 nitrogen and oxygen atoms in total. The number of fused-ring (bicyclic) bond motifs is 1. The third-order valence-electron chi connectivity index (χ3n) is 3.53. The summed E-state index contributed by atoms with van der Waals surface area (Å²) in [6.07, 6.45) is 0. The van der Waals surface area contributed by atoms with Gasteiger partial charge in [0.15, 0.2) is 5.78 Å². The van der Waals surface area contributed by atoms with Crippen LogP contribution in [0.3, 0.4) is 0 Å². The molecule has 4 heteroatoms. The van der Waals surface area contributed by atoms with Crippen molar-refractivity contribution in [2.24, 2.45) is 0 Å². The zero-order valence-electron chi connectivity index (χ0n) is 12.4. The third kappa shape index (κ3) is 3.10. The van der Waals surface area contributed by atoms with Crippen LogP contribution >= 0.6 is 11.6 Å². The lowest BCUT2D eigenvalue weighted by atomic mass is 10.0. The molecule has 0 saturated heterocycles. The van der Waals surface area contributed by atoms with Crippen LogP contribution in [0, 0.1) is 0 Å². The van der Waals surface area contributed by atoms with E-state index in [9.17, 15) is 9.59 Å². The molecule has 0 aromatic heterocycles. The summed E-state index contributed by atoms with van der Waals surface area (Å²) in [6.45, 7) is 1.45. The van der Waals surface area contributed by atoms with Crippen LogP contribution in [0.4, 0.5) is 0 Å². The van der Waals surface area contributed by atoms with Crippen molar-refractivity contribution >= 4 is 34.1 Å². The quantitative estimate of drug-likeness (QED) is 0.390. The predicted octanol–water partition coefficient (Wildman–Crippen LogP) is 4.92. The smallest absolute Gasteiger partial charge is 0.343 e. The Labute approximate surface area is 138 Å². The Bertz CT molecular complexity index is 898. The summed E-state index contributed by atoms with van der Waals surface area (Å²) in [5.41, 5.74) is 0.753. The summed E-state index contributed by atoms with van der Waals surface area (Å²) >= 11 is 5.82. The van der Waals surface area contributed by atoms with E-state index in [4.69, 9.17) is 16.3 Å². The van der Waals surface area contributed by atoms with Gasteiger partial charge in [-0.05, 0) is 42.6 Å². The molecule has 0 bridgehead atoms. The molecule has 0 spiro atoms. The summed E-state index contributed by atoms with van der Waals surface area (Å²) in [6, 6.07) is 17.4. The van der Waals surface area contributed by atoms with E-state index in [2.05, 4.69) is 0 Å².